The minimum Gasteiger partial charge on any atom is -0.450 e. The number of furan rings is 1. The largest absolute Gasteiger partial charge is 0.450 e. The zero-order valence-electron chi connectivity index (χ0n) is 17.1. The summed E-state index contributed by atoms with van der Waals surface area (Å²) in [6.45, 7) is 2.21. The lowest BCUT2D eigenvalue weighted by molar-refractivity contribution is -0.123. The van der Waals surface area contributed by atoms with E-state index in [0.29, 0.717) is 29.4 Å². The molecule has 2 aromatic heterocycles. The van der Waals surface area contributed by atoms with Gasteiger partial charge in [-0.3, -0.25) is 9.69 Å². The summed E-state index contributed by atoms with van der Waals surface area (Å²) < 4.78 is 6.12. The van der Waals surface area contributed by atoms with Crippen molar-refractivity contribution in [2.24, 2.45) is 5.92 Å². The van der Waals surface area contributed by atoms with Gasteiger partial charge in [0.25, 0.3) is 0 Å². The Morgan fingerprint density at radius 2 is 1.87 bits per heavy atom. The summed E-state index contributed by atoms with van der Waals surface area (Å²) in [6, 6.07) is 15.5. The summed E-state index contributed by atoms with van der Waals surface area (Å²) in [5.74, 6) is 0.607. The molecular weight excluding hydrogens is 412 g/mol. The van der Waals surface area contributed by atoms with Gasteiger partial charge in [0.05, 0.1) is 0 Å². The first-order valence-electron chi connectivity index (χ1n) is 10.6. The van der Waals surface area contributed by atoms with Crippen LogP contribution in [0.1, 0.15) is 18.4 Å². The van der Waals surface area contributed by atoms with Crippen LogP contribution in [0.4, 0.5) is 5.82 Å². The summed E-state index contributed by atoms with van der Waals surface area (Å²) in [6.07, 6.45) is 3.86. The number of fused-ring (bicyclic) bond motifs is 3. The second-order valence-corrected chi connectivity index (χ2v) is 8.30. The molecule has 5 rings (SSSR count). The summed E-state index contributed by atoms with van der Waals surface area (Å²) in [7, 11) is 0. The Morgan fingerprint density at radius 1 is 1.10 bits per heavy atom. The average molecular weight is 435 g/mol. The molecule has 1 aliphatic rings. The molecule has 1 fully saturated rings. The molecular formula is C24H23ClN4O2. The molecule has 1 amide bonds. The number of para-hydroxylation sites is 1. The van der Waals surface area contributed by atoms with E-state index in [-0.39, 0.29) is 11.8 Å². The van der Waals surface area contributed by atoms with Gasteiger partial charge in [-0.25, -0.2) is 9.97 Å². The lowest BCUT2D eigenvalue weighted by Crippen LogP contribution is -2.42. The highest BCUT2D eigenvalue weighted by Crippen LogP contribution is 2.33. The van der Waals surface area contributed by atoms with Crippen LogP contribution in [0.3, 0.4) is 0 Å². The van der Waals surface area contributed by atoms with Crippen molar-refractivity contribution in [2.75, 3.05) is 24.5 Å². The van der Waals surface area contributed by atoms with E-state index in [1.807, 2.05) is 48.5 Å². The van der Waals surface area contributed by atoms with Gasteiger partial charge < -0.3 is 9.73 Å². The van der Waals surface area contributed by atoms with Crippen molar-refractivity contribution >= 4 is 45.4 Å². The summed E-state index contributed by atoms with van der Waals surface area (Å²) >= 11 is 6.03. The molecule has 3 heterocycles. The van der Waals surface area contributed by atoms with Crippen LogP contribution in [-0.2, 0) is 11.2 Å². The number of nitrogens with zero attached hydrogens (tertiary/aromatic N) is 3. The fraction of sp³-hybridized carbons (Fsp3) is 0.292. The maximum absolute atomic E-state index is 13.6. The number of halogens is 1. The van der Waals surface area contributed by atoms with Crippen LogP contribution in [0.25, 0.3) is 22.1 Å². The molecule has 0 radical (unpaired) electrons. The lowest BCUT2D eigenvalue weighted by Gasteiger charge is -2.29. The molecule has 0 bridgehead atoms. The van der Waals surface area contributed by atoms with Crippen molar-refractivity contribution in [3.8, 4) is 0 Å². The number of nitrogens with one attached hydrogen (secondary N) is 1. The molecule has 4 aromatic rings. The fourth-order valence-corrected chi connectivity index (χ4v) is 4.33. The summed E-state index contributed by atoms with van der Waals surface area (Å²) in [5, 5.41) is 4.96. The molecule has 7 heteroatoms. The van der Waals surface area contributed by atoms with Gasteiger partial charge in [-0.2, -0.15) is 0 Å². The molecule has 1 N–H and O–H groups in total. The molecule has 0 aliphatic carbocycles. The zero-order valence-corrected chi connectivity index (χ0v) is 17.8. The molecule has 1 saturated heterocycles. The summed E-state index contributed by atoms with van der Waals surface area (Å²) in [4.78, 5) is 24.3. The Kier molecular flexibility index (Phi) is 5.57. The van der Waals surface area contributed by atoms with E-state index in [2.05, 4.69) is 15.3 Å². The predicted octanol–water partition coefficient (Wildman–Crippen LogP) is 4.60. The minimum absolute atomic E-state index is 0.0270. The standard InChI is InChI=1S/C24H23ClN4O2/c25-18-7-5-16(6-8-18)11-14-29(24(30)17-9-12-26-13-10-17)23-22-21(27-15-28-23)19-3-1-2-4-20(19)31-22/h1-8,15,17,26H,9-14H2. The Balaban J connectivity index is 1.54. The highest BCUT2D eigenvalue weighted by atomic mass is 35.5. The number of carbonyl (C=O) groups excluding carboxylic acids is 1. The highest BCUT2D eigenvalue weighted by Gasteiger charge is 2.30. The van der Waals surface area contributed by atoms with Gasteiger partial charge in [0.1, 0.15) is 17.4 Å². The van der Waals surface area contributed by atoms with Crippen LogP contribution in [0, 0.1) is 5.92 Å². The smallest absolute Gasteiger partial charge is 0.231 e. The number of benzene rings is 2. The highest BCUT2D eigenvalue weighted by molar-refractivity contribution is 6.30. The van der Waals surface area contributed by atoms with Crippen molar-refractivity contribution in [1.29, 1.82) is 0 Å². The molecule has 31 heavy (non-hydrogen) atoms. The van der Waals surface area contributed by atoms with Gasteiger partial charge in [-0.15, -0.1) is 0 Å². The quantitative estimate of drug-likeness (QED) is 0.496. The van der Waals surface area contributed by atoms with E-state index >= 15 is 0 Å². The number of amides is 1. The second-order valence-electron chi connectivity index (χ2n) is 7.86. The predicted molar refractivity (Wildman–Crippen MR) is 122 cm³/mol. The van der Waals surface area contributed by atoms with Crippen LogP contribution in [0.15, 0.2) is 59.3 Å². The maximum atomic E-state index is 13.6. The Hall–Kier alpha value is -2.96. The van der Waals surface area contributed by atoms with Gasteiger partial charge in [0.15, 0.2) is 11.4 Å². The first kappa shape index (κ1) is 20.0. The van der Waals surface area contributed by atoms with Crippen molar-refractivity contribution in [1.82, 2.24) is 15.3 Å². The van der Waals surface area contributed by atoms with Gasteiger partial charge in [0, 0.05) is 22.9 Å². The molecule has 6 nitrogen and oxygen atoms in total. The monoisotopic (exact) mass is 434 g/mol. The SMILES string of the molecule is O=C(C1CCNCC1)N(CCc1ccc(Cl)cc1)c1ncnc2c1oc1ccccc12. The normalized spacial score (nSPS) is 14.9. The maximum Gasteiger partial charge on any atom is 0.231 e. The van der Waals surface area contributed by atoms with E-state index in [1.165, 1.54) is 6.33 Å². The van der Waals surface area contributed by atoms with Crippen LogP contribution >= 0.6 is 11.6 Å². The molecule has 0 saturated carbocycles. The van der Waals surface area contributed by atoms with Crippen molar-refractivity contribution in [2.45, 2.75) is 19.3 Å². The van der Waals surface area contributed by atoms with E-state index in [1.54, 1.807) is 4.90 Å². The third kappa shape index (κ3) is 4.01. The molecule has 0 atom stereocenters. The Bertz CT molecular complexity index is 1220. The third-order valence-corrected chi connectivity index (χ3v) is 6.14. The summed E-state index contributed by atoms with van der Waals surface area (Å²) in [5.41, 5.74) is 3.14. The van der Waals surface area contributed by atoms with E-state index < -0.39 is 0 Å². The van der Waals surface area contributed by atoms with Gasteiger partial charge >= 0.3 is 0 Å². The number of anilines is 1. The van der Waals surface area contributed by atoms with Crippen LogP contribution in [-0.4, -0.2) is 35.5 Å². The number of piperidine rings is 1. The van der Waals surface area contributed by atoms with E-state index in [9.17, 15) is 4.79 Å². The number of hydrogen-bond donors (Lipinski definition) is 1. The first-order chi connectivity index (χ1) is 15.2. The van der Waals surface area contributed by atoms with Crippen molar-refractivity contribution in [3.63, 3.8) is 0 Å². The third-order valence-electron chi connectivity index (χ3n) is 5.89. The molecule has 158 valence electrons. The van der Waals surface area contributed by atoms with Crippen LogP contribution < -0.4 is 10.2 Å². The molecule has 0 spiro atoms. The first-order valence-corrected chi connectivity index (χ1v) is 11.0. The second kappa shape index (κ2) is 8.65. The topological polar surface area (TPSA) is 71.3 Å². The zero-order chi connectivity index (χ0) is 21.2. The number of carbonyl (C=O) groups is 1. The number of rotatable bonds is 5. The van der Waals surface area contributed by atoms with Crippen molar-refractivity contribution in [3.05, 3.63) is 65.4 Å². The Labute approximate surface area is 185 Å². The molecule has 0 unspecified atom stereocenters. The van der Waals surface area contributed by atoms with Gasteiger partial charge in [-0.1, -0.05) is 35.9 Å². The van der Waals surface area contributed by atoms with Gasteiger partial charge in [0.2, 0.25) is 5.91 Å². The molecule has 2 aromatic carbocycles. The van der Waals surface area contributed by atoms with Gasteiger partial charge in [-0.05, 0) is 62.2 Å². The van der Waals surface area contributed by atoms with E-state index in [0.717, 1.165) is 48.0 Å². The van der Waals surface area contributed by atoms with Crippen molar-refractivity contribution < 1.29 is 9.21 Å². The van der Waals surface area contributed by atoms with Crippen LogP contribution in [0.2, 0.25) is 5.02 Å². The lowest BCUT2D eigenvalue weighted by atomic mass is 9.96. The Morgan fingerprint density at radius 3 is 2.68 bits per heavy atom. The van der Waals surface area contributed by atoms with Crippen LogP contribution in [0.5, 0.6) is 0 Å². The average Bonchev–Trinajstić information content (AvgIpc) is 3.20. The van der Waals surface area contributed by atoms with E-state index in [4.69, 9.17) is 16.0 Å². The number of aromatic nitrogens is 2. The number of hydrogen-bond acceptors (Lipinski definition) is 5. The minimum atomic E-state index is -0.0270. The molecule has 1 aliphatic heterocycles. The fourth-order valence-electron chi connectivity index (χ4n) is 4.21.